The maximum atomic E-state index is 12.8. The van der Waals surface area contributed by atoms with Crippen LogP contribution in [-0.4, -0.2) is 57.5 Å². The summed E-state index contributed by atoms with van der Waals surface area (Å²) in [6, 6.07) is 10.9. The molecular formula is C20H21ClN2O6S. The van der Waals surface area contributed by atoms with Crippen LogP contribution in [0.15, 0.2) is 47.4 Å². The number of benzene rings is 2. The molecular weight excluding hydrogens is 432 g/mol. The smallest absolute Gasteiger partial charge is 0.338 e. The third-order valence-corrected chi connectivity index (χ3v) is 6.74. The monoisotopic (exact) mass is 452 g/mol. The number of hydrogen-bond donors (Lipinski definition) is 1. The predicted octanol–water partition coefficient (Wildman–Crippen LogP) is 2.46. The Hall–Kier alpha value is -2.46. The number of esters is 1. The van der Waals surface area contributed by atoms with Crippen molar-refractivity contribution in [2.75, 3.05) is 38.2 Å². The SMILES string of the molecule is Cc1ccc(S(=O)(=O)N2CCOCC2)cc1C(=O)OCC(=O)Nc1ccccc1Cl. The molecule has 1 aliphatic heterocycles. The molecule has 0 bridgehead atoms. The van der Waals surface area contributed by atoms with Crippen molar-refractivity contribution in [2.45, 2.75) is 11.8 Å². The molecule has 1 amide bonds. The van der Waals surface area contributed by atoms with Gasteiger partial charge in [-0.1, -0.05) is 29.8 Å². The number of carbonyl (C=O) groups excluding carboxylic acids is 2. The first-order valence-electron chi connectivity index (χ1n) is 9.19. The summed E-state index contributed by atoms with van der Waals surface area (Å²) in [5.41, 5.74) is 1.01. The third-order valence-electron chi connectivity index (χ3n) is 4.52. The molecule has 30 heavy (non-hydrogen) atoms. The lowest BCUT2D eigenvalue weighted by Crippen LogP contribution is -2.40. The van der Waals surface area contributed by atoms with E-state index in [0.717, 1.165) is 0 Å². The first kappa shape index (κ1) is 22.2. The zero-order valence-electron chi connectivity index (χ0n) is 16.3. The number of para-hydroxylation sites is 1. The Kier molecular flexibility index (Phi) is 7.09. The summed E-state index contributed by atoms with van der Waals surface area (Å²) in [7, 11) is -3.76. The lowest BCUT2D eigenvalue weighted by molar-refractivity contribution is -0.119. The number of nitrogens with one attached hydrogen (secondary N) is 1. The van der Waals surface area contributed by atoms with Crippen molar-refractivity contribution in [1.82, 2.24) is 4.31 Å². The van der Waals surface area contributed by atoms with Crippen LogP contribution in [0.3, 0.4) is 0 Å². The van der Waals surface area contributed by atoms with Crippen molar-refractivity contribution in [3.63, 3.8) is 0 Å². The molecule has 0 saturated carbocycles. The van der Waals surface area contributed by atoms with Gasteiger partial charge < -0.3 is 14.8 Å². The van der Waals surface area contributed by atoms with Gasteiger partial charge in [-0.05, 0) is 36.8 Å². The van der Waals surface area contributed by atoms with Crippen LogP contribution in [-0.2, 0) is 24.3 Å². The standard InChI is InChI=1S/C20H21ClN2O6S/c1-14-6-7-15(30(26,27)23-8-10-28-11-9-23)12-16(14)20(25)29-13-19(24)22-18-5-3-2-4-17(18)21/h2-7,12H,8-11,13H2,1H3,(H,22,24). The van der Waals surface area contributed by atoms with Gasteiger partial charge in [-0.25, -0.2) is 13.2 Å². The maximum Gasteiger partial charge on any atom is 0.338 e. The van der Waals surface area contributed by atoms with Gasteiger partial charge in [0.05, 0.1) is 34.4 Å². The second-order valence-electron chi connectivity index (χ2n) is 6.60. The summed E-state index contributed by atoms with van der Waals surface area (Å²) in [6.45, 7) is 2.26. The van der Waals surface area contributed by atoms with Crippen LogP contribution in [0.25, 0.3) is 0 Å². The van der Waals surface area contributed by atoms with Crippen molar-refractivity contribution in [1.29, 1.82) is 0 Å². The zero-order chi connectivity index (χ0) is 21.7. The Morgan fingerprint density at radius 3 is 2.57 bits per heavy atom. The van der Waals surface area contributed by atoms with Gasteiger partial charge in [0.25, 0.3) is 5.91 Å². The van der Waals surface area contributed by atoms with E-state index in [-0.39, 0.29) is 23.5 Å². The van der Waals surface area contributed by atoms with Crippen LogP contribution in [0.5, 0.6) is 0 Å². The average molecular weight is 453 g/mol. The minimum Gasteiger partial charge on any atom is -0.452 e. The van der Waals surface area contributed by atoms with Crippen LogP contribution in [0, 0.1) is 6.92 Å². The molecule has 1 N–H and O–H groups in total. The van der Waals surface area contributed by atoms with Crippen LogP contribution >= 0.6 is 11.6 Å². The number of aryl methyl sites for hydroxylation is 1. The van der Waals surface area contributed by atoms with Gasteiger partial charge in [0.2, 0.25) is 10.0 Å². The third kappa shape index (κ3) is 5.17. The number of ether oxygens (including phenoxy) is 2. The first-order valence-corrected chi connectivity index (χ1v) is 11.0. The maximum absolute atomic E-state index is 12.8. The van der Waals surface area contributed by atoms with Crippen LogP contribution < -0.4 is 5.32 Å². The van der Waals surface area contributed by atoms with E-state index in [1.54, 1.807) is 31.2 Å². The molecule has 1 aliphatic rings. The number of anilines is 1. The number of morpholine rings is 1. The molecule has 0 radical (unpaired) electrons. The number of hydrogen-bond acceptors (Lipinski definition) is 6. The molecule has 0 unspecified atom stereocenters. The van der Waals surface area contributed by atoms with Gasteiger partial charge in [0.1, 0.15) is 0 Å². The number of carbonyl (C=O) groups is 2. The Bertz CT molecular complexity index is 1050. The molecule has 0 atom stereocenters. The molecule has 10 heteroatoms. The Morgan fingerprint density at radius 2 is 1.87 bits per heavy atom. The Morgan fingerprint density at radius 1 is 1.17 bits per heavy atom. The van der Waals surface area contributed by atoms with Gasteiger partial charge in [-0.3, -0.25) is 4.79 Å². The van der Waals surface area contributed by atoms with Crippen molar-refractivity contribution < 1.29 is 27.5 Å². The van der Waals surface area contributed by atoms with Gasteiger partial charge in [-0.15, -0.1) is 0 Å². The predicted molar refractivity (Wildman–Crippen MR) is 111 cm³/mol. The molecule has 0 spiro atoms. The van der Waals surface area contributed by atoms with Gasteiger partial charge in [0.15, 0.2) is 6.61 Å². The summed E-state index contributed by atoms with van der Waals surface area (Å²) >= 11 is 5.98. The average Bonchev–Trinajstić information content (AvgIpc) is 2.74. The van der Waals surface area contributed by atoms with Crippen molar-refractivity contribution >= 4 is 39.2 Å². The van der Waals surface area contributed by atoms with Crippen molar-refractivity contribution in [3.05, 3.63) is 58.6 Å². The number of amides is 1. The highest BCUT2D eigenvalue weighted by molar-refractivity contribution is 7.89. The normalized spacial score (nSPS) is 14.9. The van der Waals surface area contributed by atoms with E-state index in [0.29, 0.717) is 29.5 Å². The molecule has 8 nitrogen and oxygen atoms in total. The van der Waals surface area contributed by atoms with Gasteiger partial charge in [0, 0.05) is 13.1 Å². The molecule has 0 aromatic heterocycles. The highest BCUT2D eigenvalue weighted by Gasteiger charge is 2.27. The fourth-order valence-electron chi connectivity index (χ4n) is 2.88. The van der Waals surface area contributed by atoms with E-state index in [2.05, 4.69) is 5.32 Å². The second-order valence-corrected chi connectivity index (χ2v) is 8.94. The van der Waals surface area contributed by atoms with Gasteiger partial charge >= 0.3 is 5.97 Å². The van der Waals surface area contributed by atoms with E-state index in [9.17, 15) is 18.0 Å². The van der Waals surface area contributed by atoms with Crippen LogP contribution in [0.2, 0.25) is 5.02 Å². The number of halogens is 1. The van der Waals surface area contributed by atoms with E-state index >= 15 is 0 Å². The quantitative estimate of drug-likeness (QED) is 0.675. The second kappa shape index (κ2) is 9.57. The summed E-state index contributed by atoms with van der Waals surface area (Å²) in [6.07, 6.45) is 0. The molecule has 0 aliphatic carbocycles. The first-order chi connectivity index (χ1) is 14.3. The van der Waals surface area contributed by atoms with E-state index in [4.69, 9.17) is 21.1 Å². The van der Waals surface area contributed by atoms with Gasteiger partial charge in [-0.2, -0.15) is 4.31 Å². The molecule has 1 heterocycles. The zero-order valence-corrected chi connectivity index (χ0v) is 17.8. The topological polar surface area (TPSA) is 102 Å². The van der Waals surface area contributed by atoms with Crippen LogP contribution in [0.4, 0.5) is 5.69 Å². The van der Waals surface area contributed by atoms with E-state index in [1.807, 2.05) is 0 Å². The number of rotatable bonds is 6. The molecule has 2 aromatic carbocycles. The highest BCUT2D eigenvalue weighted by atomic mass is 35.5. The largest absolute Gasteiger partial charge is 0.452 e. The molecule has 160 valence electrons. The fraction of sp³-hybridized carbons (Fsp3) is 0.300. The summed E-state index contributed by atoms with van der Waals surface area (Å²) in [4.78, 5) is 24.5. The fourth-order valence-corrected chi connectivity index (χ4v) is 4.49. The number of nitrogens with zero attached hydrogens (tertiary/aromatic N) is 1. The molecule has 1 saturated heterocycles. The summed E-state index contributed by atoms with van der Waals surface area (Å²) in [5.74, 6) is -1.35. The van der Waals surface area contributed by atoms with E-state index in [1.165, 1.54) is 22.5 Å². The lowest BCUT2D eigenvalue weighted by Gasteiger charge is -2.26. The Labute approximate surface area is 179 Å². The van der Waals surface area contributed by atoms with Crippen LogP contribution in [0.1, 0.15) is 15.9 Å². The van der Waals surface area contributed by atoms with Crippen molar-refractivity contribution in [2.24, 2.45) is 0 Å². The highest BCUT2D eigenvalue weighted by Crippen LogP contribution is 2.22. The van der Waals surface area contributed by atoms with Crippen molar-refractivity contribution in [3.8, 4) is 0 Å². The minimum atomic E-state index is -3.76. The Balaban J connectivity index is 1.69. The van der Waals surface area contributed by atoms with E-state index < -0.39 is 28.5 Å². The lowest BCUT2D eigenvalue weighted by atomic mass is 10.1. The summed E-state index contributed by atoms with van der Waals surface area (Å²) < 4.78 is 37.2. The molecule has 1 fully saturated rings. The summed E-state index contributed by atoms with van der Waals surface area (Å²) in [5, 5.41) is 2.90. The number of sulfonamides is 1. The molecule has 3 rings (SSSR count). The molecule has 2 aromatic rings. The minimum absolute atomic E-state index is 0.0116.